The molecule has 4 rings (SSSR count). The zero-order valence-electron chi connectivity index (χ0n) is 18.0. The maximum atomic E-state index is 5.53. The summed E-state index contributed by atoms with van der Waals surface area (Å²) in [6.07, 6.45) is 4.49. The Labute approximate surface area is 174 Å². The van der Waals surface area contributed by atoms with Crippen LogP contribution in [0, 0.1) is 20.8 Å². The van der Waals surface area contributed by atoms with Crippen LogP contribution in [0.1, 0.15) is 22.3 Å². The standard InChI is InChI=1S/C25H31N3O/c1-19-15-20(2)25(21(3)16-19)28-10-9-22(18-28)17-26-11-13-27(14-12-26)23-7-5-6-8-24(23)29-4/h5-10,15-16,18H,11-14,17H2,1-4H3. The minimum absolute atomic E-state index is 0.960. The summed E-state index contributed by atoms with van der Waals surface area (Å²) in [6, 6.07) is 15.1. The normalized spacial score (nSPS) is 15.0. The second kappa shape index (κ2) is 8.34. The van der Waals surface area contributed by atoms with Gasteiger partial charge in [0.2, 0.25) is 0 Å². The van der Waals surface area contributed by atoms with Crippen molar-refractivity contribution in [3.05, 3.63) is 77.1 Å². The third-order valence-electron chi connectivity index (χ3n) is 5.85. The molecule has 0 spiro atoms. The van der Waals surface area contributed by atoms with Crippen LogP contribution in [0.3, 0.4) is 0 Å². The number of methoxy groups -OCH3 is 1. The zero-order chi connectivity index (χ0) is 20.4. The summed E-state index contributed by atoms with van der Waals surface area (Å²) in [7, 11) is 1.75. The van der Waals surface area contributed by atoms with E-state index in [2.05, 4.69) is 77.9 Å². The molecular weight excluding hydrogens is 358 g/mol. The highest BCUT2D eigenvalue weighted by molar-refractivity contribution is 5.58. The van der Waals surface area contributed by atoms with Crippen LogP contribution in [0.2, 0.25) is 0 Å². The Balaban J connectivity index is 1.41. The first-order chi connectivity index (χ1) is 14.0. The second-order valence-electron chi connectivity index (χ2n) is 8.11. The molecule has 1 aliphatic rings. The Bertz CT molecular complexity index is 960. The number of ether oxygens (including phenoxy) is 1. The Morgan fingerprint density at radius 2 is 1.59 bits per heavy atom. The van der Waals surface area contributed by atoms with Gasteiger partial charge in [0.05, 0.1) is 18.5 Å². The van der Waals surface area contributed by atoms with Crippen LogP contribution in [-0.2, 0) is 6.54 Å². The van der Waals surface area contributed by atoms with Gasteiger partial charge in [0.1, 0.15) is 5.75 Å². The molecule has 0 N–H and O–H groups in total. The lowest BCUT2D eigenvalue weighted by Crippen LogP contribution is -2.46. The average Bonchev–Trinajstić information content (AvgIpc) is 3.15. The molecule has 0 atom stereocenters. The highest BCUT2D eigenvalue weighted by atomic mass is 16.5. The molecular formula is C25H31N3O. The number of para-hydroxylation sites is 2. The Morgan fingerprint density at radius 1 is 0.897 bits per heavy atom. The molecule has 29 heavy (non-hydrogen) atoms. The molecule has 1 fully saturated rings. The van der Waals surface area contributed by atoms with Gasteiger partial charge in [-0.05, 0) is 55.7 Å². The summed E-state index contributed by atoms with van der Waals surface area (Å²) in [4.78, 5) is 4.97. The van der Waals surface area contributed by atoms with Crippen LogP contribution in [0.4, 0.5) is 5.69 Å². The maximum absolute atomic E-state index is 5.53. The van der Waals surface area contributed by atoms with Gasteiger partial charge < -0.3 is 14.2 Å². The number of benzene rings is 2. The molecule has 2 aromatic carbocycles. The van der Waals surface area contributed by atoms with Gasteiger partial charge in [0.25, 0.3) is 0 Å². The van der Waals surface area contributed by atoms with E-state index in [0.717, 1.165) is 38.5 Å². The van der Waals surface area contributed by atoms with Crippen molar-refractivity contribution in [2.75, 3.05) is 38.2 Å². The van der Waals surface area contributed by atoms with Crippen LogP contribution in [0.15, 0.2) is 54.9 Å². The molecule has 4 nitrogen and oxygen atoms in total. The number of nitrogens with zero attached hydrogens (tertiary/aromatic N) is 3. The number of aryl methyl sites for hydroxylation is 3. The third-order valence-corrected chi connectivity index (χ3v) is 5.85. The molecule has 0 radical (unpaired) electrons. The number of hydrogen-bond acceptors (Lipinski definition) is 3. The quantitative estimate of drug-likeness (QED) is 0.629. The van der Waals surface area contributed by atoms with Crippen molar-refractivity contribution in [1.29, 1.82) is 0 Å². The molecule has 4 heteroatoms. The van der Waals surface area contributed by atoms with E-state index in [0.29, 0.717) is 0 Å². The zero-order valence-corrected chi connectivity index (χ0v) is 18.0. The molecule has 152 valence electrons. The van der Waals surface area contributed by atoms with Crippen LogP contribution in [0.25, 0.3) is 5.69 Å². The number of anilines is 1. The fourth-order valence-electron chi connectivity index (χ4n) is 4.55. The van der Waals surface area contributed by atoms with Crippen molar-refractivity contribution in [3.63, 3.8) is 0 Å². The Kier molecular flexibility index (Phi) is 5.63. The number of hydrogen-bond donors (Lipinski definition) is 0. The second-order valence-corrected chi connectivity index (χ2v) is 8.11. The van der Waals surface area contributed by atoms with Gasteiger partial charge in [-0.2, -0.15) is 0 Å². The molecule has 0 amide bonds. The minimum Gasteiger partial charge on any atom is -0.495 e. The van der Waals surface area contributed by atoms with Gasteiger partial charge in [-0.15, -0.1) is 0 Å². The first kappa shape index (κ1) is 19.6. The molecule has 1 aromatic heterocycles. The van der Waals surface area contributed by atoms with E-state index >= 15 is 0 Å². The molecule has 0 aliphatic carbocycles. The SMILES string of the molecule is COc1ccccc1N1CCN(Cc2ccn(-c3c(C)cc(C)cc3C)c2)CC1. The topological polar surface area (TPSA) is 20.6 Å². The summed E-state index contributed by atoms with van der Waals surface area (Å²) in [5.41, 5.74) is 7.86. The van der Waals surface area contributed by atoms with Crippen molar-refractivity contribution < 1.29 is 4.74 Å². The van der Waals surface area contributed by atoms with E-state index < -0.39 is 0 Å². The predicted octanol–water partition coefficient (Wildman–Crippen LogP) is 4.73. The van der Waals surface area contributed by atoms with E-state index in [-0.39, 0.29) is 0 Å². The largest absolute Gasteiger partial charge is 0.495 e. The van der Waals surface area contributed by atoms with Gasteiger partial charge in [-0.1, -0.05) is 29.8 Å². The van der Waals surface area contributed by atoms with E-state index in [1.807, 2.05) is 12.1 Å². The molecule has 0 saturated carbocycles. The smallest absolute Gasteiger partial charge is 0.142 e. The third kappa shape index (κ3) is 4.18. The number of rotatable bonds is 5. The van der Waals surface area contributed by atoms with Crippen molar-refractivity contribution in [2.45, 2.75) is 27.3 Å². The minimum atomic E-state index is 0.960. The van der Waals surface area contributed by atoms with Crippen LogP contribution < -0.4 is 9.64 Å². The fourth-order valence-corrected chi connectivity index (χ4v) is 4.55. The maximum Gasteiger partial charge on any atom is 0.142 e. The molecule has 1 saturated heterocycles. The molecule has 3 aromatic rings. The fraction of sp³-hybridized carbons (Fsp3) is 0.360. The molecule has 0 bridgehead atoms. The lowest BCUT2D eigenvalue weighted by Gasteiger charge is -2.36. The summed E-state index contributed by atoms with van der Waals surface area (Å²) in [6.45, 7) is 11.7. The highest BCUT2D eigenvalue weighted by Gasteiger charge is 2.20. The first-order valence-electron chi connectivity index (χ1n) is 10.4. The van der Waals surface area contributed by atoms with Gasteiger partial charge in [-0.3, -0.25) is 4.90 Å². The molecule has 2 heterocycles. The van der Waals surface area contributed by atoms with E-state index in [1.165, 1.54) is 33.6 Å². The van der Waals surface area contributed by atoms with Gasteiger partial charge in [0, 0.05) is 45.1 Å². The van der Waals surface area contributed by atoms with Gasteiger partial charge in [0.15, 0.2) is 0 Å². The van der Waals surface area contributed by atoms with Crippen molar-refractivity contribution in [2.24, 2.45) is 0 Å². The van der Waals surface area contributed by atoms with Crippen molar-refractivity contribution >= 4 is 5.69 Å². The number of aromatic nitrogens is 1. The summed E-state index contributed by atoms with van der Waals surface area (Å²) in [5.74, 6) is 0.960. The van der Waals surface area contributed by atoms with Crippen LogP contribution >= 0.6 is 0 Å². The predicted molar refractivity (Wildman–Crippen MR) is 120 cm³/mol. The molecule has 0 unspecified atom stereocenters. The molecule has 1 aliphatic heterocycles. The van der Waals surface area contributed by atoms with E-state index in [4.69, 9.17) is 4.74 Å². The number of piperazine rings is 1. The Morgan fingerprint density at radius 3 is 2.28 bits per heavy atom. The van der Waals surface area contributed by atoms with E-state index in [1.54, 1.807) is 7.11 Å². The highest BCUT2D eigenvalue weighted by Crippen LogP contribution is 2.28. The lowest BCUT2D eigenvalue weighted by atomic mass is 10.1. The summed E-state index contributed by atoms with van der Waals surface area (Å²) < 4.78 is 7.82. The van der Waals surface area contributed by atoms with Gasteiger partial charge >= 0.3 is 0 Å². The average molecular weight is 390 g/mol. The van der Waals surface area contributed by atoms with Crippen molar-refractivity contribution in [1.82, 2.24) is 9.47 Å². The summed E-state index contributed by atoms with van der Waals surface area (Å²) in [5, 5.41) is 0. The summed E-state index contributed by atoms with van der Waals surface area (Å²) >= 11 is 0. The van der Waals surface area contributed by atoms with E-state index in [9.17, 15) is 0 Å². The first-order valence-corrected chi connectivity index (χ1v) is 10.4. The van der Waals surface area contributed by atoms with Crippen molar-refractivity contribution in [3.8, 4) is 11.4 Å². The van der Waals surface area contributed by atoms with Crippen LogP contribution in [0.5, 0.6) is 5.75 Å². The monoisotopic (exact) mass is 389 g/mol. The van der Waals surface area contributed by atoms with Gasteiger partial charge in [-0.25, -0.2) is 0 Å². The Hall–Kier alpha value is -2.72. The van der Waals surface area contributed by atoms with Crippen LogP contribution in [-0.4, -0.2) is 42.8 Å². The lowest BCUT2D eigenvalue weighted by molar-refractivity contribution is 0.249.